The maximum atomic E-state index is 13.6. The summed E-state index contributed by atoms with van der Waals surface area (Å²) in [6, 6.07) is 22.2. The largest absolute Gasteiger partial charge is 0.416 e. The molecule has 2 N–H and O–H groups in total. The van der Waals surface area contributed by atoms with E-state index in [1.807, 2.05) is 61.5 Å². The van der Waals surface area contributed by atoms with E-state index >= 15 is 0 Å². The summed E-state index contributed by atoms with van der Waals surface area (Å²) >= 11 is 0. The lowest BCUT2D eigenvalue weighted by atomic mass is 10.0. The third kappa shape index (κ3) is 8.13. The SMILES string of the molecule is CCc1nn(CC(=O)N(CCCN)Cc2ccc(-c3ccc(C(F)(F)F)cc3)cc2)c(CCc2ccccc2)nc1=O. The summed E-state index contributed by atoms with van der Waals surface area (Å²) in [7, 11) is 0. The summed E-state index contributed by atoms with van der Waals surface area (Å²) in [5, 5.41) is 4.48. The first-order chi connectivity index (χ1) is 20.2. The molecular formula is C32H34F3N5O2. The van der Waals surface area contributed by atoms with Crippen LogP contribution in [-0.4, -0.2) is 38.7 Å². The van der Waals surface area contributed by atoms with Crippen LogP contribution in [0, 0.1) is 0 Å². The molecule has 0 saturated heterocycles. The van der Waals surface area contributed by atoms with Crippen LogP contribution < -0.4 is 11.3 Å². The molecule has 10 heteroatoms. The van der Waals surface area contributed by atoms with Crippen molar-refractivity contribution in [2.24, 2.45) is 5.73 Å². The number of carbonyl (C=O) groups excluding carboxylic acids is 1. The van der Waals surface area contributed by atoms with Crippen LogP contribution in [0.4, 0.5) is 13.2 Å². The molecule has 0 saturated carbocycles. The van der Waals surface area contributed by atoms with Gasteiger partial charge in [-0.15, -0.1) is 0 Å². The van der Waals surface area contributed by atoms with Crippen LogP contribution in [0.25, 0.3) is 11.1 Å². The van der Waals surface area contributed by atoms with E-state index in [0.29, 0.717) is 62.4 Å². The number of halogens is 3. The Hall–Kier alpha value is -4.31. The van der Waals surface area contributed by atoms with E-state index in [4.69, 9.17) is 5.73 Å². The monoisotopic (exact) mass is 577 g/mol. The van der Waals surface area contributed by atoms with Crippen LogP contribution in [0.3, 0.4) is 0 Å². The Bertz CT molecular complexity index is 1520. The summed E-state index contributed by atoms with van der Waals surface area (Å²) in [4.78, 5) is 32.0. The zero-order chi connectivity index (χ0) is 30.1. The fourth-order valence-corrected chi connectivity index (χ4v) is 4.60. The summed E-state index contributed by atoms with van der Waals surface area (Å²) in [6.45, 7) is 2.92. The number of nitrogens with zero attached hydrogens (tertiary/aromatic N) is 4. The minimum absolute atomic E-state index is 0.0708. The summed E-state index contributed by atoms with van der Waals surface area (Å²) < 4.78 is 40.3. The van der Waals surface area contributed by atoms with Crippen molar-refractivity contribution in [2.75, 3.05) is 13.1 Å². The Kier molecular flexibility index (Phi) is 10.2. The van der Waals surface area contributed by atoms with Gasteiger partial charge in [-0.2, -0.15) is 23.3 Å². The van der Waals surface area contributed by atoms with Crippen molar-refractivity contribution in [3.05, 3.63) is 117 Å². The Morgan fingerprint density at radius 2 is 1.55 bits per heavy atom. The fourth-order valence-electron chi connectivity index (χ4n) is 4.60. The number of aryl methyl sites for hydroxylation is 3. The molecule has 4 rings (SSSR count). The van der Waals surface area contributed by atoms with E-state index in [1.54, 1.807) is 4.90 Å². The predicted octanol–water partition coefficient (Wildman–Crippen LogP) is 5.05. The molecule has 0 bridgehead atoms. The minimum atomic E-state index is -4.39. The number of carbonyl (C=O) groups is 1. The molecule has 1 amide bonds. The molecule has 0 radical (unpaired) electrons. The second-order valence-corrected chi connectivity index (χ2v) is 10.0. The number of hydrogen-bond donors (Lipinski definition) is 1. The van der Waals surface area contributed by atoms with E-state index in [-0.39, 0.29) is 18.0 Å². The van der Waals surface area contributed by atoms with Gasteiger partial charge in [0.05, 0.1) is 5.56 Å². The van der Waals surface area contributed by atoms with Gasteiger partial charge >= 0.3 is 6.18 Å². The normalized spacial score (nSPS) is 11.5. The van der Waals surface area contributed by atoms with Crippen molar-refractivity contribution >= 4 is 5.91 Å². The molecule has 1 heterocycles. The third-order valence-electron chi connectivity index (χ3n) is 6.97. The lowest BCUT2D eigenvalue weighted by molar-refractivity contribution is -0.137. The second-order valence-electron chi connectivity index (χ2n) is 10.0. The summed E-state index contributed by atoms with van der Waals surface area (Å²) in [5.74, 6) is 0.269. The van der Waals surface area contributed by atoms with Gasteiger partial charge in [0, 0.05) is 19.5 Å². The Morgan fingerprint density at radius 3 is 2.14 bits per heavy atom. The van der Waals surface area contributed by atoms with Crippen molar-refractivity contribution in [1.82, 2.24) is 19.7 Å². The van der Waals surface area contributed by atoms with Gasteiger partial charge in [0.25, 0.3) is 5.56 Å². The molecule has 3 aromatic carbocycles. The number of amides is 1. The van der Waals surface area contributed by atoms with E-state index in [2.05, 4.69) is 10.1 Å². The molecule has 0 unspecified atom stereocenters. The predicted molar refractivity (Wildman–Crippen MR) is 155 cm³/mol. The molecule has 1 aromatic heterocycles. The molecule has 4 aromatic rings. The lowest BCUT2D eigenvalue weighted by Gasteiger charge is -2.24. The zero-order valence-corrected chi connectivity index (χ0v) is 23.5. The van der Waals surface area contributed by atoms with Crippen LogP contribution in [0.5, 0.6) is 0 Å². The van der Waals surface area contributed by atoms with Crippen molar-refractivity contribution in [2.45, 2.75) is 51.9 Å². The number of aromatic nitrogens is 3. The van der Waals surface area contributed by atoms with Gasteiger partial charge in [-0.05, 0) is 60.2 Å². The van der Waals surface area contributed by atoms with Gasteiger partial charge < -0.3 is 10.6 Å². The van der Waals surface area contributed by atoms with Crippen LogP contribution in [-0.2, 0) is 43.3 Å². The Labute approximate surface area is 242 Å². The van der Waals surface area contributed by atoms with Crippen LogP contribution in [0.1, 0.15) is 41.6 Å². The first kappa shape index (κ1) is 30.6. The molecular weight excluding hydrogens is 543 g/mol. The van der Waals surface area contributed by atoms with Crippen LogP contribution in [0.15, 0.2) is 83.7 Å². The van der Waals surface area contributed by atoms with E-state index < -0.39 is 11.7 Å². The van der Waals surface area contributed by atoms with Crippen LogP contribution >= 0.6 is 0 Å². The highest BCUT2D eigenvalue weighted by molar-refractivity contribution is 5.76. The number of nitrogens with two attached hydrogens (primary N) is 1. The number of hydrogen-bond acceptors (Lipinski definition) is 5. The van der Waals surface area contributed by atoms with Gasteiger partial charge in [-0.25, -0.2) is 4.68 Å². The Balaban J connectivity index is 1.50. The van der Waals surface area contributed by atoms with E-state index in [1.165, 1.54) is 16.8 Å². The maximum Gasteiger partial charge on any atom is 0.416 e. The number of benzene rings is 3. The topological polar surface area (TPSA) is 94.1 Å². The highest BCUT2D eigenvalue weighted by atomic mass is 19.4. The molecule has 0 aliphatic heterocycles. The lowest BCUT2D eigenvalue weighted by Crippen LogP contribution is -2.37. The Morgan fingerprint density at radius 1 is 0.905 bits per heavy atom. The smallest absolute Gasteiger partial charge is 0.337 e. The molecule has 42 heavy (non-hydrogen) atoms. The van der Waals surface area contributed by atoms with Crippen molar-refractivity contribution in [3.8, 4) is 11.1 Å². The third-order valence-corrected chi connectivity index (χ3v) is 6.97. The quantitative estimate of drug-likeness (QED) is 0.254. The van der Waals surface area contributed by atoms with E-state index in [0.717, 1.165) is 28.8 Å². The van der Waals surface area contributed by atoms with Gasteiger partial charge in [-0.3, -0.25) is 9.59 Å². The average molecular weight is 578 g/mol. The minimum Gasteiger partial charge on any atom is -0.337 e. The van der Waals surface area contributed by atoms with Gasteiger partial charge in [-0.1, -0.05) is 73.7 Å². The molecule has 0 fully saturated rings. The van der Waals surface area contributed by atoms with Gasteiger partial charge in [0.2, 0.25) is 5.91 Å². The zero-order valence-electron chi connectivity index (χ0n) is 23.5. The molecule has 7 nitrogen and oxygen atoms in total. The van der Waals surface area contributed by atoms with Gasteiger partial charge in [0.15, 0.2) is 0 Å². The molecule has 220 valence electrons. The highest BCUT2D eigenvalue weighted by Gasteiger charge is 2.30. The van der Waals surface area contributed by atoms with E-state index in [9.17, 15) is 22.8 Å². The fraction of sp³-hybridized carbons (Fsp3) is 0.312. The molecule has 0 spiro atoms. The first-order valence-corrected chi connectivity index (χ1v) is 13.9. The molecule has 0 atom stereocenters. The molecule has 0 aliphatic rings. The standard InChI is InChI=1S/C32H34F3N5O2/c1-2-28-31(42)37-29(18-11-23-7-4-3-5-8-23)40(38-28)22-30(41)39(20-6-19-36)21-24-9-12-25(13-10-24)26-14-16-27(17-15-26)32(33,34)35/h3-5,7-10,12-17H,2,6,11,18-22,36H2,1H3. The number of rotatable bonds is 12. The highest BCUT2D eigenvalue weighted by Crippen LogP contribution is 2.31. The van der Waals surface area contributed by atoms with Crippen molar-refractivity contribution < 1.29 is 18.0 Å². The molecule has 0 aliphatic carbocycles. The number of alkyl halides is 3. The average Bonchev–Trinajstić information content (AvgIpc) is 2.99. The van der Waals surface area contributed by atoms with Gasteiger partial charge in [0.1, 0.15) is 18.1 Å². The summed E-state index contributed by atoms with van der Waals surface area (Å²) in [5.41, 5.74) is 8.36. The second kappa shape index (κ2) is 14.0. The van der Waals surface area contributed by atoms with Crippen LogP contribution in [0.2, 0.25) is 0 Å². The summed E-state index contributed by atoms with van der Waals surface area (Å²) in [6.07, 6.45) is -2.27. The maximum absolute atomic E-state index is 13.6. The van der Waals surface area contributed by atoms with Crippen molar-refractivity contribution in [3.63, 3.8) is 0 Å². The van der Waals surface area contributed by atoms with Crippen molar-refractivity contribution in [1.29, 1.82) is 0 Å². The first-order valence-electron chi connectivity index (χ1n) is 13.9.